The van der Waals surface area contributed by atoms with E-state index in [1.807, 2.05) is 6.08 Å². The summed E-state index contributed by atoms with van der Waals surface area (Å²) in [7, 11) is 0. The van der Waals surface area contributed by atoms with Gasteiger partial charge in [-0.25, -0.2) is 0 Å². The number of benzene rings is 1. The van der Waals surface area contributed by atoms with Crippen molar-refractivity contribution in [2.24, 2.45) is 0 Å². The van der Waals surface area contributed by atoms with Gasteiger partial charge in [0.1, 0.15) is 0 Å². The minimum absolute atomic E-state index is 0.244. The molecule has 2 nitrogen and oxygen atoms in total. The maximum atomic E-state index is 4.35. The smallest absolute Gasteiger partial charge is 0.0792 e. The van der Waals surface area contributed by atoms with E-state index in [0.29, 0.717) is 0 Å². The summed E-state index contributed by atoms with van der Waals surface area (Å²) >= 11 is 0. The van der Waals surface area contributed by atoms with Gasteiger partial charge in [0.25, 0.3) is 0 Å². The predicted molar refractivity (Wildman–Crippen MR) is 105 cm³/mol. The van der Waals surface area contributed by atoms with Gasteiger partial charge in [-0.2, -0.15) is 0 Å². The Balaban J connectivity index is 2.36. The highest BCUT2D eigenvalue weighted by Crippen LogP contribution is 2.38. The summed E-state index contributed by atoms with van der Waals surface area (Å²) in [6.45, 7) is 17.2. The summed E-state index contributed by atoms with van der Waals surface area (Å²) in [4.78, 5) is 2.45. The third-order valence-electron chi connectivity index (χ3n) is 4.59. The fourth-order valence-corrected chi connectivity index (χ4v) is 3.24. The van der Waals surface area contributed by atoms with Crippen LogP contribution in [0.4, 0.5) is 0 Å². The zero-order valence-corrected chi connectivity index (χ0v) is 15.3. The van der Waals surface area contributed by atoms with Crippen LogP contribution < -0.4 is 5.32 Å². The van der Waals surface area contributed by atoms with E-state index in [9.17, 15) is 0 Å². The van der Waals surface area contributed by atoms with Crippen LogP contribution in [0.15, 0.2) is 72.5 Å². The molecule has 0 spiro atoms. The number of allylic oxidation sites excluding steroid dienone is 1. The maximum absolute atomic E-state index is 4.35. The third-order valence-corrected chi connectivity index (χ3v) is 4.59. The van der Waals surface area contributed by atoms with Crippen molar-refractivity contribution in [1.29, 1.82) is 0 Å². The molecular weight excluding hydrogens is 292 g/mol. The highest BCUT2D eigenvalue weighted by Gasteiger charge is 2.28. The average Bonchev–Trinajstić information content (AvgIpc) is 2.57. The second-order valence-electron chi connectivity index (χ2n) is 6.48. The highest BCUT2D eigenvalue weighted by atomic mass is 15.2. The minimum Gasteiger partial charge on any atom is -0.363 e. The van der Waals surface area contributed by atoms with Crippen molar-refractivity contribution in [1.82, 2.24) is 10.2 Å². The van der Waals surface area contributed by atoms with Crippen LogP contribution in [-0.2, 0) is 0 Å². The van der Waals surface area contributed by atoms with Gasteiger partial charge < -0.3 is 10.2 Å². The van der Waals surface area contributed by atoms with Gasteiger partial charge in [-0.3, -0.25) is 0 Å². The molecule has 0 aliphatic carbocycles. The Labute approximate surface area is 147 Å². The molecule has 0 saturated carbocycles. The monoisotopic (exact) mass is 322 g/mol. The lowest BCUT2D eigenvalue weighted by Crippen LogP contribution is -2.37. The number of nitrogens with one attached hydrogen (secondary N) is 1. The molecule has 0 saturated heterocycles. The van der Waals surface area contributed by atoms with Crippen molar-refractivity contribution < 1.29 is 0 Å². The summed E-state index contributed by atoms with van der Waals surface area (Å²) < 4.78 is 0. The summed E-state index contributed by atoms with van der Waals surface area (Å²) in [5, 5.41) is 3.38. The summed E-state index contributed by atoms with van der Waals surface area (Å²) in [5.74, 6) is 0. The van der Waals surface area contributed by atoms with Crippen LogP contribution in [0.5, 0.6) is 0 Å². The molecule has 128 valence electrons. The highest BCUT2D eigenvalue weighted by molar-refractivity contribution is 5.41. The molecule has 1 N–H and O–H groups in total. The van der Waals surface area contributed by atoms with Crippen LogP contribution in [0.2, 0.25) is 0 Å². The lowest BCUT2D eigenvalue weighted by molar-refractivity contribution is 0.268. The molecule has 0 fully saturated rings. The molecule has 24 heavy (non-hydrogen) atoms. The molecule has 0 bridgehead atoms. The van der Waals surface area contributed by atoms with Gasteiger partial charge in [0, 0.05) is 25.3 Å². The molecule has 1 atom stereocenters. The van der Waals surface area contributed by atoms with E-state index in [1.54, 1.807) is 0 Å². The van der Waals surface area contributed by atoms with Gasteiger partial charge in [0.15, 0.2) is 0 Å². The fourth-order valence-electron chi connectivity index (χ4n) is 3.24. The lowest BCUT2D eigenvalue weighted by atomic mass is 9.87. The average molecular weight is 322 g/mol. The van der Waals surface area contributed by atoms with E-state index in [2.05, 4.69) is 80.6 Å². The molecule has 1 aliphatic heterocycles. The van der Waals surface area contributed by atoms with E-state index < -0.39 is 0 Å². The standard InChI is InChI=1S/C22H30N2/c1-6-8-21-18(4)13-15-24(19(5)16-23-14-7-2)22(21)20-11-9-17(3)10-12-20/h6-12,22-23H,2,5,13-16H2,1,3-4H3/b8-6-. The van der Waals surface area contributed by atoms with Crippen LogP contribution in [-0.4, -0.2) is 24.5 Å². The van der Waals surface area contributed by atoms with Crippen molar-refractivity contribution in [3.63, 3.8) is 0 Å². The third kappa shape index (κ3) is 4.27. The number of hydrogen-bond acceptors (Lipinski definition) is 2. The Morgan fingerprint density at radius 2 is 2.00 bits per heavy atom. The normalized spacial score (nSPS) is 18.3. The first-order chi connectivity index (χ1) is 11.6. The topological polar surface area (TPSA) is 15.3 Å². The predicted octanol–water partition coefficient (Wildman–Crippen LogP) is 4.92. The van der Waals surface area contributed by atoms with Crippen LogP contribution >= 0.6 is 0 Å². The minimum atomic E-state index is 0.244. The van der Waals surface area contributed by atoms with Crippen molar-refractivity contribution in [3.8, 4) is 0 Å². The Morgan fingerprint density at radius 1 is 1.29 bits per heavy atom. The number of aryl methyl sites for hydroxylation is 1. The molecule has 1 unspecified atom stereocenters. The first-order valence-corrected chi connectivity index (χ1v) is 8.73. The first-order valence-electron chi connectivity index (χ1n) is 8.73. The molecule has 2 rings (SSSR count). The first kappa shape index (κ1) is 18.3. The fraction of sp³-hybridized carbons (Fsp3) is 0.364. The maximum Gasteiger partial charge on any atom is 0.0792 e. The number of rotatable bonds is 7. The van der Waals surface area contributed by atoms with E-state index >= 15 is 0 Å². The number of hydrogen-bond donors (Lipinski definition) is 1. The van der Waals surface area contributed by atoms with Gasteiger partial charge in [0.2, 0.25) is 0 Å². The molecular formula is C22H30N2. The van der Waals surface area contributed by atoms with Crippen LogP contribution in [0.3, 0.4) is 0 Å². The van der Waals surface area contributed by atoms with Gasteiger partial charge in [-0.05, 0) is 38.3 Å². The van der Waals surface area contributed by atoms with Crippen LogP contribution in [0.25, 0.3) is 0 Å². The van der Waals surface area contributed by atoms with Crippen LogP contribution in [0, 0.1) is 6.92 Å². The van der Waals surface area contributed by atoms with E-state index in [0.717, 1.165) is 31.8 Å². The van der Waals surface area contributed by atoms with E-state index in [-0.39, 0.29) is 6.04 Å². The van der Waals surface area contributed by atoms with E-state index in [4.69, 9.17) is 0 Å². The molecule has 1 aromatic rings. The molecule has 1 aliphatic rings. The lowest BCUT2D eigenvalue weighted by Gasteiger charge is -2.41. The molecule has 0 aromatic heterocycles. The van der Waals surface area contributed by atoms with Crippen molar-refractivity contribution in [2.45, 2.75) is 33.2 Å². The Kier molecular flexibility index (Phi) is 6.62. The summed E-state index contributed by atoms with van der Waals surface area (Å²) in [6, 6.07) is 9.14. The zero-order chi connectivity index (χ0) is 17.5. The summed E-state index contributed by atoms with van der Waals surface area (Å²) in [6.07, 6.45) is 7.37. The van der Waals surface area contributed by atoms with Crippen molar-refractivity contribution in [3.05, 3.63) is 83.6 Å². The largest absolute Gasteiger partial charge is 0.363 e. The molecule has 1 aromatic carbocycles. The van der Waals surface area contributed by atoms with Gasteiger partial charge in [0.05, 0.1) is 6.04 Å². The second kappa shape index (κ2) is 8.70. The van der Waals surface area contributed by atoms with Crippen molar-refractivity contribution in [2.75, 3.05) is 19.6 Å². The number of nitrogens with zero attached hydrogens (tertiary/aromatic N) is 1. The second-order valence-corrected chi connectivity index (χ2v) is 6.48. The Hall–Kier alpha value is -2.06. The SMILES string of the molecule is C=CCNCC(=C)N1CCC(C)=C(/C=C\C)C1c1ccc(C)cc1. The van der Waals surface area contributed by atoms with Gasteiger partial charge >= 0.3 is 0 Å². The Morgan fingerprint density at radius 3 is 2.62 bits per heavy atom. The summed E-state index contributed by atoms with van der Waals surface area (Å²) in [5.41, 5.74) is 6.63. The van der Waals surface area contributed by atoms with E-state index in [1.165, 1.54) is 22.3 Å². The molecule has 1 heterocycles. The molecule has 0 amide bonds. The molecule has 0 radical (unpaired) electrons. The van der Waals surface area contributed by atoms with Crippen LogP contribution in [0.1, 0.15) is 37.4 Å². The van der Waals surface area contributed by atoms with Crippen molar-refractivity contribution >= 4 is 0 Å². The Bertz CT molecular complexity index is 634. The van der Waals surface area contributed by atoms with Gasteiger partial charge in [-0.1, -0.05) is 60.2 Å². The quantitative estimate of drug-likeness (QED) is 0.566. The van der Waals surface area contributed by atoms with Gasteiger partial charge in [-0.15, -0.1) is 6.58 Å². The zero-order valence-electron chi connectivity index (χ0n) is 15.3. The molecule has 2 heteroatoms.